The Hall–Kier alpha value is -1.14. The molecule has 108 valence electrons. The molecule has 0 aliphatic heterocycles. The van der Waals surface area contributed by atoms with Crippen molar-refractivity contribution in [2.45, 2.75) is 59.7 Å². The minimum atomic E-state index is -1.30. The summed E-state index contributed by atoms with van der Waals surface area (Å²) in [4.78, 5) is 29.9. The zero-order valence-corrected chi connectivity index (χ0v) is 12.1. The van der Waals surface area contributed by atoms with Crippen LogP contribution in [0.25, 0.3) is 0 Å². The monoisotopic (exact) mass is 264 g/mol. The third-order valence-electron chi connectivity index (χ3n) is 1.51. The highest BCUT2D eigenvalue weighted by Gasteiger charge is 2.31. The molecule has 0 amide bonds. The third-order valence-corrected chi connectivity index (χ3v) is 1.51. The van der Waals surface area contributed by atoms with E-state index in [0.717, 1.165) is 0 Å². The molecule has 0 rings (SSSR count). The molecule has 0 aromatic heterocycles. The van der Waals surface area contributed by atoms with Gasteiger partial charge in [0.1, 0.15) is 0 Å². The van der Waals surface area contributed by atoms with Gasteiger partial charge in [-0.1, -0.05) is 13.8 Å². The summed E-state index contributed by atoms with van der Waals surface area (Å²) < 4.78 is 0. The standard InChI is InChI=1S/C8H16O4.C4H8O2/c1-7(2,3)11-12-8(4,5)6(9)10;1-3(2)4(5)6/h1-5H3,(H,9,10);3H,1-2H3,(H,5,6). The second kappa shape index (κ2) is 7.33. The first-order valence-electron chi connectivity index (χ1n) is 5.62. The van der Waals surface area contributed by atoms with Crippen LogP contribution >= 0.6 is 0 Å². The van der Waals surface area contributed by atoms with Crippen LogP contribution in [0.5, 0.6) is 0 Å². The summed E-state index contributed by atoms with van der Waals surface area (Å²) in [7, 11) is 0. The first kappa shape index (κ1) is 19.2. The highest BCUT2D eigenvalue weighted by Crippen LogP contribution is 2.15. The van der Waals surface area contributed by atoms with Gasteiger partial charge in [0.2, 0.25) is 0 Å². The van der Waals surface area contributed by atoms with Crippen LogP contribution in [-0.2, 0) is 19.4 Å². The maximum Gasteiger partial charge on any atom is 0.338 e. The normalized spacial score (nSPS) is 11.8. The second-order valence-electron chi connectivity index (χ2n) is 5.59. The van der Waals surface area contributed by atoms with Crippen molar-refractivity contribution >= 4 is 11.9 Å². The average Bonchev–Trinajstić information content (AvgIpc) is 2.14. The predicted molar refractivity (Wildman–Crippen MR) is 66.1 cm³/mol. The Morgan fingerprint density at radius 3 is 1.44 bits per heavy atom. The first-order valence-corrected chi connectivity index (χ1v) is 5.62. The van der Waals surface area contributed by atoms with E-state index >= 15 is 0 Å². The van der Waals surface area contributed by atoms with Gasteiger partial charge < -0.3 is 10.2 Å². The third kappa shape index (κ3) is 11.3. The molecule has 0 spiro atoms. The number of aliphatic carboxylic acids is 2. The second-order valence-corrected chi connectivity index (χ2v) is 5.59. The van der Waals surface area contributed by atoms with Gasteiger partial charge in [0.05, 0.1) is 11.5 Å². The molecule has 2 N–H and O–H groups in total. The quantitative estimate of drug-likeness (QED) is 0.598. The van der Waals surface area contributed by atoms with Crippen molar-refractivity contribution < 1.29 is 29.6 Å². The van der Waals surface area contributed by atoms with Gasteiger partial charge in [0.15, 0.2) is 5.60 Å². The van der Waals surface area contributed by atoms with Gasteiger partial charge in [-0.3, -0.25) is 4.79 Å². The molecule has 0 heterocycles. The van der Waals surface area contributed by atoms with E-state index in [1.54, 1.807) is 34.6 Å². The van der Waals surface area contributed by atoms with Gasteiger partial charge >= 0.3 is 11.9 Å². The largest absolute Gasteiger partial charge is 0.481 e. The SMILES string of the molecule is CC(C)(C)OOC(C)(C)C(=O)O.CC(C)C(=O)O. The van der Waals surface area contributed by atoms with Gasteiger partial charge in [-0.05, 0) is 34.6 Å². The molecular weight excluding hydrogens is 240 g/mol. The molecule has 18 heavy (non-hydrogen) atoms. The Morgan fingerprint density at radius 1 is 0.944 bits per heavy atom. The van der Waals surface area contributed by atoms with E-state index in [-0.39, 0.29) is 5.92 Å². The summed E-state index contributed by atoms with van der Waals surface area (Å²) in [5.74, 6) is -2.02. The molecule has 0 unspecified atom stereocenters. The lowest BCUT2D eigenvalue weighted by molar-refractivity contribution is -0.389. The van der Waals surface area contributed by atoms with Crippen LogP contribution in [-0.4, -0.2) is 33.4 Å². The molecule has 6 heteroatoms. The van der Waals surface area contributed by atoms with E-state index in [2.05, 4.69) is 0 Å². The van der Waals surface area contributed by atoms with Crippen LogP contribution in [0.1, 0.15) is 48.5 Å². The number of carbonyl (C=O) groups is 2. The van der Waals surface area contributed by atoms with Crippen molar-refractivity contribution in [1.29, 1.82) is 0 Å². The Balaban J connectivity index is 0. The van der Waals surface area contributed by atoms with Crippen LogP contribution in [0, 0.1) is 5.92 Å². The number of rotatable bonds is 4. The highest BCUT2D eigenvalue weighted by atomic mass is 17.2. The molecule has 0 aromatic rings. The van der Waals surface area contributed by atoms with Crippen molar-refractivity contribution in [2.24, 2.45) is 5.92 Å². The minimum Gasteiger partial charge on any atom is -0.481 e. The van der Waals surface area contributed by atoms with Crippen LogP contribution < -0.4 is 0 Å². The Labute approximate surface area is 108 Å². The van der Waals surface area contributed by atoms with Crippen molar-refractivity contribution in [3.63, 3.8) is 0 Å². The van der Waals surface area contributed by atoms with Crippen LogP contribution in [0.2, 0.25) is 0 Å². The summed E-state index contributed by atoms with van der Waals surface area (Å²) in [5.41, 5.74) is -1.79. The molecule has 0 fully saturated rings. The smallest absolute Gasteiger partial charge is 0.338 e. The van der Waals surface area contributed by atoms with Gasteiger partial charge in [-0.2, -0.15) is 0 Å². The summed E-state index contributed by atoms with van der Waals surface area (Å²) >= 11 is 0. The van der Waals surface area contributed by atoms with E-state index in [0.29, 0.717) is 0 Å². The van der Waals surface area contributed by atoms with Crippen molar-refractivity contribution in [1.82, 2.24) is 0 Å². The van der Waals surface area contributed by atoms with E-state index in [1.807, 2.05) is 0 Å². The lowest BCUT2D eigenvalue weighted by atomic mass is 10.1. The Kier molecular flexibility index (Phi) is 7.82. The molecule has 0 radical (unpaired) electrons. The number of carboxylic acid groups (broad SMARTS) is 2. The van der Waals surface area contributed by atoms with Crippen LogP contribution in [0.3, 0.4) is 0 Å². The van der Waals surface area contributed by atoms with Gasteiger partial charge in [-0.25, -0.2) is 14.6 Å². The maximum atomic E-state index is 10.5. The Bertz CT molecular complexity index is 275. The number of carboxylic acids is 2. The molecule has 0 atom stereocenters. The van der Waals surface area contributed by atoms with Gasteiger partial charge in [0.25, 0.3) is 0 Å². The van der Waals surface area contributed by atoms with Crippen molar-refractivity contribution in [2.75, 3.05) is 0 Å². The van der Waals surface area contributed by atoms with Crippen molar-refractivity contribution in [3.05, 3.63) is 0 Å². The molecule has 0 bridgehead atoms. The lowest BCUT2D eigenvalue weighted by Crippen LogP contribution is -2.37. The molecule has 0 aromatic carbocycles. The molecule has 6 nitrogen and oxygen atoms in total. The topological polar surface area (TPSA) is 93.1 Å². The molecule has 0 saturated heterocycles. The molecule has 0 aliphatic rings. The molecular formula is C12H24O6. The van der Waals surface area contributed by atoms with Gasteiger partial charge in [-0.15, -0.1) is 0 Å². The van der Waals surface area contributed by atoms with E-state index < -0.39 is 23.1 Å². The predicted octanol–water partition coefficient (Wildman–Crippen LogP) is 2.32. The average molecular weight is 264 g/mol. The Morgan fingerprint density at radius 2 is 1.28 bits per heavy atom. The molecule has 0 saturated carbocycles. The maximum absolute atomic E-state index is 10.5. The summed E-state index contributed by atoms with van der Waals surface area (Å²) in [6.45, 7) is 11.5. The summed E-state index contributed by atoms with van der Waals surface area (Å²) in [5, 5.41) is 16.6. The zero-order valence-electron chi connectivity index (χ0n) is 12.1. The number of hydrogen-bond acceptors (Lipinski definition) is 4. The minimum absolute atomic E-state index is 0.231. The highest BCUT2D eigenvalue weighted by molar-refractivity contribution is 5.76. The van der Waals surface area contributed by atoms with Crippen molar-refractivity contribution in [3.8, 4) is 0 Å². The first-order chi connectivity index (χ1) is 7.79. The van der Waals surface area contributed by atoms with E-state index in [4.69, 9.17) is 20.0 Å². The summed E-state index contributed by atoms with van der Waals surface area (Å²) in [6, 6.07) is 0. The van der Waals surface area contributed by atoms with E-state index in [1.165, 1.54) is 13.8 Å². The fourth-order valence-electron chi connectivity index (χ4n) is 0.265. The lowest BCUT2D eigenvalue weighted by Gasteiger charge is -2.24. The molecule has 0 aliphatic carbocycles. The van der Waals surface area contributed by atoms with Gasteiger partial charge in [0, 0.05) is 0 Å². The number of hydrogen-bond donors (Lipinski definition) is 2. The fraction of sp³-hybridized carbons (Fsp3) is 0.833. The van der Waals surface area contributed by atoms with Crippen LogP contribution in [0.4, 0.5) is 0 Å². The fourth-order valence-corrected chi connectivity index (χ4v) is 0.265. The van der Waals surface area contributed by atoms with E-state index in [9.17, 15) is 9.59 Å². The zero-order chi connectivity index (χ0) is 15.1. The summed E-state index contributed by atoms with van der Waals surface area (Å²) in [6.07, 6.45) is 0. The van der Waals surface area contributed by atoms with Crippen LogP contribution in [0.15, 0.2) is 0 Å².